The molecular formula is C30H39N5O5S2. The zero-order chi connectivity index (χ0) is 30.1. The third-order valence-corrected chi connectivity index (χ3v) is 10.6. The summed E-state index contributed by atoms with van der Waals surface area (Å²) in [4.78, 5) is 31.3. The molecule has 0 saturated carbocycles. The lowest BCUT2D eigenvalue weighted by Gasteiger charge is -2.50. The maximum Gasteiger partial charge on any atom is 0.243 e. The van der Waals surface area contributed by atoms with E-state index in [1.165, 1.54) is 18.3 Å². The van der Waals surface area contributed by atoms with E-state index in [2.05, 4.69) is 29.5 Å². The van der Waals surface area contributed by atoms with E-state index in [0.717, 1.165) is 35.2 Å². The fourth-order valence-corrected chi connectivity index (χ4v) is 8.48. The van der Waals surface area contributed by atoms with Gasteiger partial charge in [0.2, 0.25) is 21.8 Å². The molecule has 0 unspecified atom stereocenters. The van der Waals surface area contributed by atoms with Gasteiger partial charge in [-0.15, -0.1) is 0 Å². The van der Waals surface area contributed by atoms with E-state index in [-0.39, 0.29) is 30.9 Å². The Hall–Kier alpha value is -2.90. The van der Waals surface area contributed by atoms with Gasteiger partial charge in [0.15, 0.2) is 5.13 Å². The number of nitrogens with one attached hydrogen (secondary N) is 2. The van der Waals surface area contributed by atoms with Crippen molar-refractivity contribution in [2.75, 3.05) is 43.4 Å². The Morgan fingerprint density at radius 2 is 1.90 bits per heavy atom. The van der Waals surface area contributed by atoms with Crippen molar-refractivity contribution in [1.82, 2.24) is 14.2 Å². The molecule has 5 rings (SSSR count). The molecule has 2 saturated heterocycles. The molecule has 1 aromatic heterocycles. The summed E-state index contributed by atoms with van der Waals surface area (Å²) in [6, 6.07) is 12.2. The number of likely N-dealkylation sites (tertiary alicyclic amines) is 1. The third-order valence-electron chi connectivity index (χ3n) is 7.75. The van der Waals surface area contributed by atoms with Crippen molar-refractivity contribution in [3.05, 3.63) is 48.0 Å². The number of morpholine rings is 1. The Kier molecular flexibility index (Phi) is 9.00. The molecule has 0 bridgehead atoms. The zero-order valence-corrected chi connectivity index (χ0v) is 26.2. The minimum absolute atomic E-state index is 0.151. The second-order valence-electron chi connectivity index (χ2n) is 11.9. The monoisotopic (exact) mass is 613 g/mol. The van der Waals surface area contributed by atoms with Crippen LogP contribution in [0.15, 0.2) is 47.4 Å². The van der Waals surface area contributed by atoms with E-state index in [1.807, 2.05) is 36.1 Å². The molecule has 226 valence electrons. The number of hydrogen-bond donors (Lipinski definition) is 2. The highest BCUT2D eigenvalue weighted by Gasteiger charge is 2.47. The number of amides is 2. The molecule has 2 N–H and O–H groups in total. The Morgan fingerprint density at radius 3 is 2.62 bits per heavy atom. The summed E-state index contributed by atoms with van der Waals surface area (Å²) < 4.78 is 36.8. The van der Waals surface area contributed by atoms with Crippen LogP contribution < -0.4 is 10.6 Å². The van der Waals surface area contributed by atoms with Gasteiger partial charge in [0.1, 0.15) is 0 Å². The summed E-state index contributed by atoms with van der Waals surface area (Å²) in [6.45, 7) is 9.50. The van der Waals surface area contributed by atoms with Crippen LogP contribution in [0.1, 0.15) is 45.6 Å². The largest absolute Gasteiger partial charge is 0.371 e. The van der Waals surface area contributed by atoms with Crippen LogP contribution in [0.5, 0.6) is 0 Å². The number of carbonyl (C=O) groups excluding carboxylic acids is 2. The molecule has 2 fully saturated rings. The lowest BCUT2D eigenvalue weighted by atomic mass is 9.89. The van der Waals surface area contributed by atoms with E-state index >= 15 is 0 Å². The van der Waals surface area contributed by atoms with Crippen LogP contribution in [-0.2, 0) is 24.3 Å². The van der Waals surface area contributed by atoms with Crippen molar-refractivity contribution in [1.29, 1.82) is 0 Å². The van der Waals surface area contributed by atoms with Crippen molar-refractivity contribution >= 4 is 54.2 Å². The number of ether oxygens (including phenoxy) is 1. The normalized spacial score (nSPS) is 22.1. The van der Waals surface area contributed by atoms with E-state index in [0.29, 0.717) is 41.2 Å². The molecule has 42 heavy (non-hydrogen) atoms. The topological polar surface area (TPSA) is 121 Å². The van der Waals surface area contributed by atoms with Gasteiger partial charge in [0.05, 0.1) is 33.9 Å². The molecule has 10 nitrogen and oxygen atoms in total. The number of sulfonamides is 1. The van der Waals surface area contributed by atoms with E-state index in [9.17, 15) is 18.0 Å². The average Bonchev–Trinajstić information content (AvgIpc) is 3.31. The standard InChI is InChI=1S/C30H39N5O5S2/c1-20(2)14-24-17-40-30(19-35(24)42(38,39)25-9-6-21(3)7-10-25)12-5-13-34(18-30)16-28(37)33-29-32-26-11-8-23(31-22(4)36)15-27(26)41-29/h6-11,15,20,24H,5,12-14,16-19H2,1-4H3,(H,31,36)(H,32,33,37)/t24-,30+/m0/s1. The number of fused-ring (bicyclic) bond motifs is 1. The van der Waals surface area contributed by atoms with Gasteiger partial charge in [-0.2, -0.15) is 4.31 Å². The van der Waals surface area contributed by atoms with Gasteiger partial charge in [0.25, 0.3) is 0 Å². The van der Waals surface area contributed by atoms with Crippen LogP contribution in [0.3, 0.4) is 0 Å². The van der Waals surface area contributed by atoms with Gasteiger partial charge >= 0.3 is 0 Å². The van der Waals surface area contributed by atoms with Crippen LogP contribution in [0.2, 0.25) is 0 Å². The first-order valence-electron chi connectivity index (χ1n) is 14.4. The number of rotatable bonds is 8. The molecule has 2 atom stereocenters. The Morgan fingerprint density at radius 1 is 1.14 bits per heavy atom. The average molecular weight is 614 g/mol. The lowest BCUT2D eigenvalue weighted by Crippen LogP contribution is -2.64. The summed E-state index contributed by atoms with van der Waals surface area (Å²) in [7, 11) is -3.73. The van der Waals surface area contributed by atoms with Crippen molar-refractivity contribution in [3.8, 4) is 0 Å². The molecular weight excluding hydrogens is 574 g/mol. The number of benzene rings is 2. The predicted octanol–water partition coefficient (Wildman–Crippen LogP) is 4.47. The molecule has 2 aliphatic rings. The van der Waals surface area contributed by atoms with Crippen molar-refractivity contribution in [2.24, 2.45) is 5.92 Å². The Bertz CT molecular complexity index is 1560. The fourth-order valence-electron chi connectivity index (χ4n) is 5.86. The lowest BCUT2D eigenvalue weighted by molar-refractivity contribution is -0.146. The highest BCUT2D eigenvalue weighted by Crippen LogP contribution is 2.36. The third kappa shape index (κ3) is 7.00. The van der Waals surface area contributed by atoms with E-state index in [4.69, 9.17) is 4.74 Å². The molecule has 12 heteroatoms. The van der Waals surface area contributed by atoms with Gasteiger partial charge in [0, 0.05) is 31.7 Å². The molecule has 2 amide bonds. The summed E-state index contributed by atoms with van der Waals surface area (Å²) in [5.41, 5.74) is 1.74. The van der Waals surface area contributed by atoms with Crippen molar-refractivity contribution in [2.45, 2.75) is 63.5 Å². The van der Waals surface area contributed by atoms with Gasteiger partial charge in [-0.05, 0) is 69.0 Å². The quantitative estimate of drug-likeness (QED) is 0.385. The Balaban J connectivity index is 1.28. The first-order valence-corrected chi connectivity index (χ1v) is 16.6. The van der Waals surface area contributed by atoms with E-state index < -0.39 is 15.6 Å². The van der Waals surface area contributed by atoms with Crippen LogP contribution in [-0.4, -0.2) is 78.9 Å². The summed E-state index contributed by atoms with van der Waals surface area (Å²) in [5, 5.41) is 6.16. The maximum absolute atomic E-state index is 13.9. The summed E-state index contributed by atoms with van der Waals surface area (Å²) in [6.07, 6.45) is 2.24. The number of aromatic nitrogens is 1. The molecule has 2 aliphatic heterocycles. The Labute approximate surface area is 251 Å². The highest BCUT2D eigenvalue weighted by atomic mass is 32.2. The summed E-state index contributed by atoms with van der Waals surface area (Å²) in [5.74, 6) is -0.0276. The van der Waals surface area contributed by atoms with Crippen LogP contribution in [0.4, 0.5) is 10.8 Å². The number of anilines is 2. The smallest absolute Gasteiger partial charge is 0.243 e. The second-order valence-corrected chi connectivity index (χ2v) is 14.8. The number of nitrogens with zero attached hydrogens (tertiary/aromatic N) is 3. The molecule has 2 aromatic carbocycles. The van der Waals surface area contributed by atoms with Gasteiger partial charge in [-0.3, -0.25) is 14.5 Å². The molecule has 0 radical (unpaired) electrons. The number of thiazole rings is 1. The predicted molar refractivity (Wildman–Crippen MR) is 165 cm³/mol. The summed E-state index contributed by atoms with van der Waals surface area (Å²) >= 11 is 1.35. The molecule has 3 aromatic rings. The number of piperidine rings is 1. The van der Waals surface area contributed by atoms with Crippen molar-refractivity contribution < 1.29 is 22.7 Å². The number of carbonyl (C=O) groups is 2. The minimum Gasteiger partial charge on any atom is -0.371 e. The fraction of sp³-hybridized carbons (Fsp3) is 0.500. The molecule has 3 heterocycles. The van der Waals surface area contributed by atoms with Crippen LogP contribution >= 0.6 is 11.3 Å². The van der Waals surface area contributed by atoms with Gasteiger partial charge < -0.3 is 15.4 Å². The molecule has 1 spiro atoms. The van der Waals surface area contributed by atoms with Crippen LogP contribution in [0.25, 0.3) is 10.2 Å². The number of hydrogen-bond acceptors (Lipinski definition) is 8. The number of aryl methyl sites for hydroxylation is 1. The molecule has 0 aliphatic carbocycles. The van der Waals surface area contributed by atoms with Gasteiger partial charge in [-0.1, -0.05) is 42.9 Å². The minimum atomic E-state index is -3.73. The first-order chi connectivity index (χ1) is 19.9. The zero-order valence-electron chi connectivity index (χ0n) is 24.6. The maximum atomic E-state index is 13.9. The SMILES string of the molecule is CC(=O)Nc1ccc2nc(NC(=O)CN3CCC[C@@]4(C3)CN(S(=O)(=O)c3ccc(C)cc3)[C@@H](CC(C)C)CO4)sc2c1. The van der Waals surface area contributed by atoms with Crippen LogP contribution in [0, 0.1) is 12.8 Å². The van der Waals surface area contributed by atoms with Gasteiger partial charge in [-0.25, -0.2) is 13.4 Å². The first kappa shape index (κ1) is 30.6. The highest BCUT2D eigenvalue weighted by molar-refractivity contribution is 7.89. The van der Waals surface area contributed by atoms with E-state index in [1.54, 1.807) is 22.5 Å². The second kappa shape index (κ2) is 12.4. The van der Waals surface area contributed by atoms with Crippen molar-refractivity contribution in [3.63, 3.8) is 0 Å².